The van der Waals surface area contributed by atoms with Crippen LogP contribution in [-0.2, 0) is 20.0 Å². The lowest BCUT2D eigenvalue weighted by atomic mass is 10.0. The quantitative estimate of drug-likeness (QED) is 0.844. The molecule has 108 valence electrons. The summed E-state index contributed by atoms with van der Waals surface area (Å²) in [5, 5.41) is 17.8. The number of aromatic nitrogens is 2. The fourth-order valence-corrected chi connectivity index (χ4v) is 2.16. The third kappa shape index (κ3) is 3.68. The van der Waals surface area contributed by atoms with Crippen LogP contribution in [0.4, 0.5) is 0 Å². The molecular weight excluding hydrogens is 250 g/mol. The van der Waals surface area contributed by atoms with Crippen LogP contribution in [0, 0.1) is 6.92 Å². The Morgan fingerprint density at radius 1 is 1.30 bits per heavy atom. The fraction of sp³-hybridized carbons (Fsp3) is 0.438. The zero-order valence-corrected chi connectivity index (χ0v) is 12.4. The van der Waals surface area contributed by atoms with Crippen molar-refractivity contribution in [2.75, 3.05) is 0 Å². The molecule has 0 aliphatic carbocycles. The molecule has 4 heteroatoms. The highest BCUT2D eigenvalue weighted by molar-refractivity contribution is 5.17. The highest BCUT2D eigenvalue weighted by Crippen LogP contribution is 2.08. The van der Waals surface area contributed by atoms with Crippen molar-refractivity contribution in [2.24, 2.45) is 7.05 Å². The number of benzene rings is 1. The van der Waals surface area contributed by atoms with E-state index in [0.717, 1.165) is 17.8 Å². The lowest BCUT2D eigenvalue weighted by Crippen LogP contribution is -2.38. The Hall–Kier alpha value is -1.65. The van der Waals surface area contributed by atoms with Crippen molar-refractivity contribution in [1.82, 2.24) is 15.1 Å². The summed E-state index contributed by atoms with van der Waals surface area (Å²) < 4.78 is 1.86. The van der Waals surface area contributed by atoms with Crippen molar-refractivity contribution >= 4 is 0 Å². The van der Waals surface area contributed by atoms with Crippen LogP contribution in [0.3, 0.4) is 0 Å². The molecule has 0 amide bonds. The molecule has 2 atom stereocenters. The monoisotopic (exact) mass is 273 g/mol. The van der Waals surface area contributed by atoms with Crippen LogP contribution in [0.15, 0.2) is 36.5 Å². The number of aliphatic hydroxyl groups excluding tert-OH is 1. The van der Waals surface area contributed by atoms with Crippen LogP contribution >= 0.6 is 0 Å². The highest BCUT2D eigenvalue weighted by Gasteiger charge is 2.15. The molecule has 20 heavy (non-hydrogen) atoms. The molecule has 0 aliphatic rings. The summed E-state index contributed by atoms with van der Waals surface area (Å²) in [6.07, 6.45) is 2.15. The van der Waals surface area contributed by atoms with Crippen LogP contribution in [0.5, 0.6) is 0 Å². The van der Waals surface area contributed by atoms with Gasteiger partial charge < -0.3 is 10.4 Å². The zero-order valence-electron chi connectivity index (χ0n) is 12.4. The van der Waals surface area contributed by atoms with E-state index in [1.807, 2.05) is 55.2 Å². The Kier molecular flexibility index (Phi) is 4.93. The normalized spacial score (nSPS) is 14.2. The minimum absolute atomic E-state index is 0.0369. The molecule has 2 aromatic rings. The summed E-state index contributed by atoms with van der Waals surface area (Å²) in [6.45, 7) is 4.79. The molecule has 2 N–H and O–H groups in total. The lowest BCUT2D eigenvalue weighted by molar-refractivity contribution is 0.134. The number of hydrogen-bond acceptors (Lipinski definition) is 3. The third-order valence-electron chi connectivity index (χ3n) is 3.82. The Morgan fingerprint density at radius 2 is 2.00 bits per heavy atom. The van der Waals surface area contributed by atoms with Crippen LogP contribution in [0.1, 0.15) is 23.7 Å². The predicted octanol–water partition coefficient (Wildman–Crippen LogP) is 1.81. The van der Waals surface area contributed by atoms with Crippen molar-refractivity contribution in [3.63, 3.8) is 0 Å². The van der Waals surface area contributed by atoms with Gasteiger partial charge in [-0.15, -0.1) is 0 Å². The molecular formula is C16H23N3O. The van der Waals surface area contributed by atoms with Crippen LogP contribution in [0.25, 0.3) is 0 Å². The molecule has 2 rings (SSSR count). The van der Waals surface area contributed by atoms with Gasteiger partial charge in [-0.2, -0.15) is 5.10 Å². The van der Waals surface area contributed by atoms with Crippen molar-refractivity contribution in [3.05, 3.63) is 53.3 Å². The number of aliphatic hydroxyl groups is 1. The maximum absolute atomic E-state index is 10.2. The fourth-order valence-electron chi connectivity index (χ4n) is 2.16. The first-order valence-electron chi connectivity index (χ1n) is 7.00. The second kappa shape index (κ2) is 6.68. The Balaban J connectivity index is 1.85. The van der Waals surface area contributed by atoms with Gasteiger partial charge in [-0.05, 0) is 25.8 Å². The number of nitrogens with one attached hydrogen (secondary N) is 1. The van der Waals surface area contributed by atoms with E-state index in [-0.39, 0.29) is 6.04 Å². The first kappa shape index (κ1) is 14.8. The first-order valence-corrected chi connectivity index (χ1v) is 7.00. The zero-order chi connectivity index (χ0) is 14.5. The second-order valence-corrected chi connectivity index (χ2v) is 5.31. The number of rotatable bonds is 6. The molecule has 1 heterocycles. The largest absolute Gasteiger partial charge is 0.391 e. The average Bonchev–Trinajstić information content (AvgIpc) is 2.77. The molecule has 1 aromatic heterocycles. The van der Waals surface area contributed by atoms with E-state index in [1.165, 1.54) is 5.56 Å². The van der Waals surface area contributed by atoms with E-state index < -0.39 is 6.10 Å². The van der Waals surface area contributed by atoms with Gasteiger partial charge in [-0.1, -0.05) is 30.3 Å². The number of nitrogens with zero attached hydrogens (tertiary/aromatic N) is 2. The molecule has 0 bridgehead atoms. The summed E-state index contributed by atoms with van der Waals surface area (Å²) in [5.74, 6) is 0. The van der Waals surface area contributed by atoms with E-state index in [9.17, 15) is 5.11 Å². The van der Waals surface area contributed by atoms with Gasteiger partial charge in [0.05, 0.1) is 12.3 Å². The van der Waals surface area contributed by atoms with Crippen LogP contribution in [0.2, 0.25) is 0 Å². The molecule has 0 aliphatic heterocycles. The Morgan fingerprint density at radius 3 is 2.60 bits per heavy atom. The van der Waals surface area contributed by atoms with E-state index in [2.05, 4.69) is 17.3 Å². The number of hydrogen-bond donors (Lipinski definition) is 2. The lowest BCUT2D eigenvalue weighted by Gasteiger charge is -2.20. The summed E-state index contributed by atoms with van der Waals surface area (Å²) >= 11 is 0. The third-order valence-corrected chi connectivity index (χ3v) is 3.82. The smallest absolute Gasteiger partial charge is 0.0730 e. The van der Waals surface area contributed by atoms with Gasteiger partial charge in [0.1, 0.15) is 0 Å². The summed E-state index contributed by atoms with van der Waals surface area (Å²) in [5.41, 5.74) is 3.49. The van der Waals surface area contributed by atoms with Gasteiger partial charge in [-0.25, -0.2) is 0 Å². The highest BCUT2D eigenvalue weighted by atomic mass is 16.3. The molecule has 0 spiro atoms. The molecule has 0 saturated carbocycles. The Labute approximate surface area is 120 Å². The second-order valence-electron chi connectivity index (χ2n) is 5.31. The van der Waals surface area contributed by atoms with Crippen LogP contribution in [-0.4, -0.2) is 27.0 Å². The topological polar surface area (TPSA) is 50.1 Å². The van der Waals surface area contributed by atoms with Crippen LogP contribution < -0.4 is 5.32 Å². The standard InChI is InChI=1S/C16H23N3O/c1-12(16(20)9-14-7-5-4-6-8-14)17-10-15-11-18-19(3)13(15)2/h4-8,11-12,16-17,20H,9-10H2,1-3H3. The van der Waals surface area contributed by atoms with E-state index >= 15 is 0 Å². The first-order chi connectivity index (χ1) is 9.58. The number of aryl methyl sites for hydroxylation is 1. The molecule has 0 radical (unpaired) electrons. The van der Waals surface area contributed by atoms with Gasteiger partial charge in [-0.3, -0.25) is 4.68 Å². The van der Waals surface area contributed by atoms with Gasteiger partial charge in [0.2, 0.25) is 0 Å². The molecule has 0 saturated heterocycles. The van der Waals surface area contributed by atoms with Crippen molar-refractivity contribution < 1.29 is 5.11 Å². The van der Waals surface area contributed by atoms with Gasteiger partial charge in [0, 0.05) is 30.9 Å². The minimum atomic E-state index is -0.394. The van der Waals surface area contributed by atoms with Gasteiger partial charge in [0.15, 0.2) is 0 Å². The summed E-state index contributed by atoms with van der Waals surface area (Å²) in [7, 11) is 1.94. The molecule has 0 fully saturated rings. The SMILES string of the molecule is Cc1c(CNC(C)C(O)Cc2ccccc2)cnn1C. The van der Waals surface area contributed by atoms with Gasteiger partial charge >= 0.3 is 0 Å². The van der Waals surface area contributed by atoms with E-state index in [4.69, 9.17) is 0 Å². The minimum Gasteiger partial charge on any atom is -0.391 e. The van der Waals surface area contributed by atoms with E-state index in [1.54, 1.807) is 0 Å². The summed E-state index contributed by atoms with van der Waals surface area (Å²) in [4.78, 5) is 0. The molecule has 2 unspecified atom stereocenters. The van der Waals surface area contributed by atoms with Gasteiger partial charge in [0.25, 0.3) is 0 Å². The maximum Gasteiger partial charge on any atom is 0.0730 e. The predicted molar refractivity (Wildman–Crippen MR) is 80.4 cm³/mol. The maximum atomic E-state index is 10.2. The van der Waals surface area contributed by atoms with Crippen molar-refractivity contribution in [1.29, 1.82) is 0 Å². The van der Waals surface area contributed by atoms with Crippen molar-refractivity contribution in [3.8, 4) is 0 Å². The molecule has 4 nitrogen and oxygen atoms in total. The average molecular weight is 273 g/mol. The van der Waals surface area contributed by atoms with E-state index in [0.29, 0.717) is 6.42 Å². The summed E-state index contributed by atoms with van der Waals surface area (Å²) in [6, 6.07) is 10.1. The Bertz CT molecular complexity index is 536. The molecule has 1 aromatic carbocycles. The van der Waals surface area contributed by atoms with Crippen molar-refractivity contribution in [2.45, 2.75) is 39.0 Å².